The van der Waals surface area contributed by atoms with Crippen molar-refractivity contribution in [2.24, 2.45) is 11.8 Å². The fourth-order valence-corrected chi connectivity index (χ4v) is 3.98. The first-order valence-corrected chi connectivity index (χ1v) is 8.98. The lowest BCUT2D eigenvalue weighted by Gasteiger charge is -2.33. The molecular formula is C14H28O3S. The normalized spacial score (nSPS) is 29.7. The molecule has 3 unspecified atom stereocenters. The maximum absolute atomic E-state index is 11.8. The summed E-state index contributed by atoms with van der Waals surface area (Å²) in [4.78, 5) is 0. The van der Waals surface area contributed by atoms with Gasteiger partial charge in [-0.3, -0.25) is 0 Å². The third-order valence-electron chi connectivity index (χ3n) is 4.24. The quantitative estimate of drug-likeness (QED) is 0.811. The van der Waals surface area contributed by atoms with E-state index in [4.69, 9.17) is 0 Å². The Kier molecular flexibility index (Phi) is 6.12. The van der Waals surface area contributed by atoms with Crippen molar-refractivity contribution in [3.05, 3.63) is 0 Å². The van der Waals surface area contributed by atoms with E-state index in [0.29, 0.717) is 12.3 Å². The molecule has 18 heavy (non-hydrogen) atoms. The standard InChI is InChI=1S/C14H28O3S/c1-4-5-12-6-7-14(15)13(10-12)8-9-18(16,17)11(2)3/h11-15H,4-10H2,1-3H3. The van der Waals surface area contributed by atoms with Crippen LogP contribution in [0.15, 0.2) is 0 Å². The number of rotatable bonds is 6. The monoisotopic (exact) mass is 276 g/mol. The van der Waals surface area contributed by atoms with Gasteiger partial charge in [0, 0.05) is 0 Å². The van der Waals surface area contributed by atoms with Crippen molar-refractivity contribution in [2.45, 2.75) is 70.7 Å². The van der Waals surface area contributed by atoms with Gasteiger partial charge >= 0.3 is 0 Å². The molecular weight excluding hydrogens is 248 g/mol. The minimum atomic E-state index is -2.96. The van der Waals surface area contributed by atoms with E-state index in [1.807, 2.05) is 0 Å². The van der Waals surface area contributed by atoms with Gasteiger partial charge in [0.15, 0.2) is 9.84 Å². The van der Waals surface area contributed by atoms with Gasteiger partial charge in [0.2, 0.25) is 0 Å². The summed E-state index contributed by atoms with van der Waals surface area (Å²) < 4.78 is 23.6. The number of aliphatic hydroxyl groups excluding tert-OH is 1. The first-order valence-electron chi connectivity index (χ1n) is 7.26. The van der Waals surface area contributed by atoms with Gasteiger partial charge in [-0.2, -0.15) is 0 Å². The maximum atomic E-state index is 11.8. The van der Waals surface area contributed by atoms with Crippen molar-refractivity contribution < 1.29 is 13.5 Å². The van der Waals surface area contributed by atoms with Crippen molar-refractivity contribution in [3.8, 4) is 0 Å². The largest absolute Gasteiger partial charge is 0.393 e. The second-order valence-corrected chi connectivity index (χ2v) is 8.68. The van der Waals surface area contributed by atoms with E-state index < -0.39 is 9.84 Å². The zero-order chi connectivity index (χ0) is 13.8. The van der Waals surface area contributed by atoms with Crippen molar-refractivity contribution in [1.29, 1.82) is 0 Å². The van der Waals surface area contributed by atoms with E-state index >= 15 is 0 Å². The number of hydrogen-bond acceptors (Lipinski definition) is 3. The molecule has 1 aliphatic carbocycles. The minimum absolute atomic E-state index is 0.184. The fraction of sp³-hybridized carbons (Fsp3) is 1.00. The highest BCUT2D eigenvalue weighted by Crippen LogP contribution is 2.34. The molecule has 1 aliphatic rings. The average molecular weight is 276 g/mol. The highest BCUT2D eigenvalue weighted by atomic mass is 32.2. The topological polar surface area (TPSA) is 54.4 Å². The molecule has 3 atom stereocenters. The SMILES string of the molecule is CCCC1CCC(O)C(CCS(=O)(=O)C(C)C)C1. The lowest BCUT2D eigenvalue weighted by molar-refractivity contribution is 0.0447. The summed E-state index contributed by atoms with van der Waals surface area (Å²) in [5, 5.41) is 9.69. The highest BCUT2D eigenvalue weighted by Gasteiger charge is 2.30. The Balaban J connectivity index is 2.49. The van der Waals surface area contributed by atoms with E-state index in [0.717, 1.165) is 19.3 Å². The van der Waals surface area contributed by atoms with E-state index in [2.05, 4.69) is 6.92 Å². The van der Waals surface area contributed by atoms with E-state index in [9.17, 15) is 13.5 Å². The molecule has 0 spiro atoms. The van der Waals surface area contributed by atoms with Gasteiger partial charge < -0.3 is 5.11 Å². The van der Waals surface area contributed by atoms with Gasteiger partial charge in [0.05, 0.1) is 17.1 Å². The van der Waals surface area contributed by atoms with Crippen LogP contribution in [0.25, 0.3) is 0 Å². The third-order valence-corrected chi connectivity index (χ3v) is 6.48. The summed E-state index contributed by atoms with van der Waals surface area (Å²) in [5.41, 5.74) is 0. The second-order valence-electron chi connectivity index (χ2n) is 6.00. The molecule has 1 fully saturated rings. The van der Waals surface area contributed by atoms with Gasteiger partial charge in [-0.1, -0.05) is 19.8 Å². The van der Waals surface area contributed by atoms with Gasteiger partial charge in [-0.15, -0.1) is 0 Å². The van der Waals surface area contributed by atoms with Crippen molar-refractivity contribution >= 4 is 9.84 Å². The van der Waals surface area contributed by atoms with Crippen molar-refractivity contribution in [2.75, 3.05) is 5.75 Å². The summed E-state index contributed by atoms with van der Waals surface area (Å²) in [7, 11) is -2.96. The maximum Gasteiger partial charge on any atom is 0.152 e. The Morgan fingerprint density at radius 3 is 2.44 bits per heavy atom. The Morgan fingerprint density at radius 1 is 1.22 bits per heavy atom. The third kappa shape index (κ3) is 4.54. The lowest BCUT2D eigenvalue weighted by Crippen LogP contribution is -2.31. The number of sulfone groups is 1. The Morgan fingerprint density at radius 2 is 1.89 bits per heavy atom. The number of aliphatic hydroxyl groups is 1. The molecule has 0 radical (unpaired) electrons. The first kappa shape index (κ1) is 16.0. The van der Waals surface area contributed by atoms with Crippen LogP contribution < -0.4 is 0 Å². The van der Waals surface area contributed by atoms with Crippen LogP contribution >= 0.6 is 0 Å². The van der Waals surface area contributed by atoms with Gasteiger partial charge in [0.25, 0.3) is 0 Å². The molecule has 0 aliphatic heterocycles. The van der Waals surface area contributed by atoms with Crippen LogP contribution in [-0.2, 0) is 9.84 Å². The second kappa shape index (κ2) is 6.90. The summed E-state index contributed by atoms with van der Waals surface area (Å²) in [6.07, 6.45) is 5.67. The zero-order valence-electron chi connectivity index (χ0n) is 11.9. The van der Waals surface area contributed by atoms with Crippen LogP contribution in [-0.4, -0.2) is 30.6 Å². The van der Waals surface area contributed by atoms with Crippen LogP contribution in [0.5, 0.6) is 0 Å². The molecule has 1 rings (SSSR count). The van der Waals surface area contributed by atoms with E-state index in [-0.39, 0.29) is 23.0 Å². The van der Waals surface area contributed by atoms with E-state index in [1.54, 1.807) is 13.8 Å². The predicted octanol–water partition coefficient (Wildman–Crippen LogP) is 2.78. The van der Waals surface area contributed by atoms with Crippen LogP contribution in [0.4, 0.5) is 0 Å². The zero-order valence-corrected chi connectivity index (χ0v) is 12.7. The Labute approximate surface area is 112 Å². The molecule has 1 N–H and O–H groups in total. The summed E-state index contributed by atoms with van der Waals surface area (Å²) in [6.45, 7) is 5.64. The van der Waals surface area contributed by atoms with Gasteiger partial charge in [-0.05, 0) is 51.4 Å². The molecule has 3 nitrogen and oxygen atoms in total. The highest BCUT2D eigenvalue weighted by molar-refractivity contribution is 7.91. The average Bonchev–Trinajstić information content (AvgIpc) is 2.30. The van der Waals surface area contributed by atoms with Gasteiger partial charge in [-0.25, -0.2) is 8.42 Å². The fourth-order valence-electron chi connectivity index (χ4n) is 2.88. The minimum Gasteiger partial charge on any atom is -0.393 e. The van der Waals surface area contributed by atoms with Crippen LogP contribution in [0, 0.1) is 11.8 Å². The molecule has 0 aromatic rings. The number of hydrogen-bond donors (Lipinski definition) is 1. The molecule has 1 saturated carbocycles. The first-order chi connectivity index (χ1) is 8.36. The molecule has 0 heterocycles. The van der Waals surface area contributed by atoms with Crippen molar-refractivity contribution in [3.63, 3.8) is 0 Å². The van der Waals surface area contributed by atoms with Crippen LogP contribution in [0.3, 0.4) is 0 Å². The molecule has 0 aromatic carbocycles. The smallest absolute Gasteiger partial charge is 0.152 e. The lowest BCUT2D eigenvalue weighted by atomic mass is 9.76. The predicted molar refractivity (Wildman–Crippen MR) is 75.3 cm³/mol. The Bertz CT molecular complexity index is 335. The van der Waals surface area contributed by atoms with E-state index in [1.165, 1.54) is 12.8 Å². The Hall–Kier alpha value is -0.0900. The van der Waals surface area contributed by atoms with Gasteiger partial charge in [0.1, 0.15) is 0 Å². The summed E-state index contributed by atoms with van der Waals surface area (Å²) in [5.74, 6) is 1.10. The molecule has 0 aromatic heterocycles. The van der Waals surface area contributed by atoms with Crippen LogP contribution in [0.1, 0.15) is 59.3 Å². The molecule has 0 bridgehead atoms. The molecule has 4 heteroatoms. The van der Waals surface area contributed by atoms with Crippen LogP contribution in [0.2, 0.25) is 0 Å². The molecule has 0 amide bonds. The van der Waals surface area contributed by atoms with Crippen molar-refractivity contribution in [1.82, 2.24) is 0 Å². The molecule has 0 saturated heterocycles. The summed E-state index contributed by atoms with van der Waals surface area (Å²) in [6, 6.07) is 0. The molecule has 108 valence electrons. The summed E-state index contributed by atoms with van der Waals surface area (Å²) >= 11 is 0.